The average molecular weight is 333 g/mol. The van der Waals surface area contributed by atoms with Crippen LogP contribution in [0.1, 0.15) is 24.8 Å². The fourth-order valence-corrected chi connectivity index (χ4v) is 3.17. The van der Waals surface area contributed by atoms with Gasteiger partial charge in [-0.1, -0.05) is 6.42 Å². The summed E-state index contributed by atoms with van der Waals surface area (Å²) in [7, 11) is -4.01. The van der Waals surface area contributed by atoms with Crippen LogP contribution >= 0.6 is 0 Å². The first-order chi connectivity index (χ1) is 10.3. The van der Waals surface area contributed by atoms with Gasteiger partial charge in [0.1, 0.15) is 11.9 Å². The van der Waals surface area contributed by atoms with Crippen LogP contribution in [0.15, 0.2) is 23.1 Å². The number of carbonyl (C=O) groups excluding carboxylic acids is 1. The van der Waals surface area contributed by atoms with E-state index in [2.05, 4.69) is 4.72 Å². The summed E-state index contributed by atoms with van der Waals surface area (Å²) in [6, 6.07) is 2.19. The molecule has 0 saturated heterocycles. The van der Waals surface area contributed by atoms with Crippen molar-refractivity contribution in [1.29, 1.82) is 0 Å². The Morgan fingerprint density at radius 3 is 2.64 bits per heavy atom. The maximum Gasteiger partial charge on any atom is 0.261 e. The smallest absolute Gasteiger partial charge is 0.261 e. The molecule has 0 bridgehead atoms. The Morgan fingerprint density at radius 1 is 1.41 bits per heavy atom. The number of nitrogens with two attached hydrogens (primary N) is 1. The van der Waals surface area contributed by atoms with E-state index in [0.717, 1.165) is 12.1 Å². The Bertz CT molecular complexity index is 622. The molecule has 1 atom stereocenters. The molecule has 0 fully saturated rings. The number of nitrogens with one attached hydrogen (secondary N) is 2. The summed E-state index contributed by atoms with van der Waals surface area (Å²) in [5.41, 5.74) is 6.95. The molecule has 1 rings (SSSR count). The quantitative estimate of drug-likeness (QED) is 0.312. The second-order valence-electron chi connectivity index (χ2n) is 4.85. The number of rotatable bonds is 8. The first-order valence-electron chi connectivity index (χ1n) is 6.74. The van der Waals surface area contributed by atoms with E-state index < -0.39 is 27.8 Å². The van der Waals surface area contributed by atoms with E-state index in [0.29, 0.717) is 19.4 Å². The van der Waals surface area contributed by atoms with Crippen molar-refractivity contribution >= 4 is 15.9 Å². The number of unbranched alkanes of at least 4 members (excludes halogenated alkanes) is 1. The van der Waals surface area contributed by atoms with Crippen LogP contribution in [0.25, 0.3) is 0 Å². The van der Waals surface area contributed by atoms with E-state index in [-0.39, 0.29) is 16.9 Å². The van der Waals surface area contributed by atoms with Gasteiger partial charge in [0, 0.05) is 0 Å². The van der Waals surface area contributed by atoms with Gasteiger partial charge in [-0.15, -0.1) is 0 Å². The van der Waals surface area contributed by atoms with Gasteiger partial charge in [-0.2, -0.15) is 4.72 Å². The number of hydrogen-bond acceptors (Lipinski definition) is 5. The summed E-state index contributed by atoms with van der Waals surface area (Å²) in [6.07, 6.45) is 1.31. The molecular formula is C13H20FN3O4S. The fraction of sp³-hybridized carbons (Fsp3) is 0.462. The van der Waals surface area contributed by atoms with Gasteiger partial charge in [0.05, 0.1) is 4.90 Å². The van der Waals surface area contributed by atoms with Gasteiger partial charge in [0.2, 0.25) is 10.0 Å². The average Bonchev–Trinajstić information content (AvgIpc) is 2.48. The number of amides is 1. The monoisotopic (exact) mass is 333 g/mol. The van der Waals surface area contributed by atoms with E-state index in [9.17, 15) is 17.6 Å². The van der Waals surface area contributed by atoms with Crippen LogP contribution in [0.5, 0.6) is 0 Å². The molecule has 1 aromatic carbocycles. The molecule has 0 radical (unpaired) electrons. The lowest BCUT2D eigenvalue weighted by Gasteiger charge is -2.17. The van der Waals surface area contributed by atoms with Crippen molar-refractivity contribution in [2.45, 2.75) is 37.1 Å². The zero-order valence-electron chi connectivity index (χ0n) is 12.2. The Balaban J connectivity index is 2.93. The van der Waals surface area contributed by atoms with Gasteiger partial charge >= 0.3 is 0 Å². The van der Waals surface area contributed by atoms with Gasteiger partial charge in [0.15, 0.2) is 0 Å². The summed E-state index contributed by atoms with van der Waals surface area (Å²) in [5, 5.41) is 8.70. The number of sulfonamides is 1. The lowest BCUT2D eigenvalue weighted by atomic mass is 10.1. The predicted molar refractivity (Wildman–Crippen MR) is 78.1 cm³/mol. The van der Waals surface area contributed by atoms with Crippen molar-refractivity contribution < 1.29 is 22.8 Å². The minimum Gasteiger partial charge on any atom is -0.330 e. The third-order valence-electron chi connectivity index (χ3n) is 3.11. The molecule has 1 amide bonds. The molecule has 0 spiro atoms. The van der Waals surface area contributed by atoms with Gasteiger partial charge < -0.3 is 5.73 Å². The molecule has 0 aliphatic rings. The van der Waals surface area contributed by atoms with Crippen molar-refractivity contribution in [3.05, 3.63) is 29.6 Å². The second-order valence-corrected chi connectivity index (χ2v) is 6.56. The van der Waals surface area contributed by atoms with E-state index in [1.807, 2.05) is 0 Å². The molecule has 9 heteroatoms. The fourth-order valence-electron chi connectivity index (χ4n) is 1.85. The number of carbonyl (C=O) groups is 1. The Labute approximate surface area is 128 Å². The molecule has 0 saturated carbocycles. The third kappa shape index (κ3) is 5.02. The molecular weight excluding hydrogens is 313 g/mol. The van der Waals surface area contributed by atoms with Crippen LogP contribution in [0, 0.1) is 12.7 Å². The highest BCUT2D eigenvalue weighted by Crippen LogP contribution is 2.15. The lowest BCUT2D eigenvalue weighted by Crippen LogP contribution is -2.45. The maximum absolute atomic E-state index is 13.2. The van der Waals surface area contributed by atoms with Gasteiger partial charge in [-0.3, -0.25) is 10.0 Å². The van der Waals surface area contributed by atoms with E-state index in [1.165, 1.54) is 18.5 Å². The molecule has 5 N–H and O–H groups in total. The normalized spacial score (nSPS) is 12.9. The summed E-state index contributed by atoms with van der Waals surface area (Å²) < 4.78 is 39.9. The number of aryl methyl sites for hydroxylation is 1. The van der Waals surface area contributed by atoms with E-state index in [4.69, 9.17) is 10.9 Å². The number of hydrogen-bond donors (Lipinski definition) is 4. The van der Waals surface area contributed by atoms with Crippen LogP contribution in [0.3, 0.4) is 0 Å². The number of hydroxylamine groups is 1. The number of benzene rings is 1. The molecule has 124 valence electrons. The topological polar surface area (TPSA) is 122 Å². The van der Waals surface area contributed by atoms with Crippen LogP contribution in [-0.2, 0) is 14.8 Å². The number of halogens is 1. The Morgan fingerprint density at radius 2 is 2.09 bits per heavy atom. The second kappa shape index (κ2) is 8.18. The molecule has 1 aromatic rings. The highest BCUT2D eigenvalue weighted by atomic mass is 32.2. The summed E-state index contributed by atoms with van der Waals surface area (Å²) in [4.78, 5) is 11.4. The SMILES string of the molecule is Cc1cc(S(=O)(=O)NC(CCCCN)C(=O)NO)ccc1F. The highest BCUT2D eigenvalue weighted by molar-refractivity contribution is 7.89. The molecule has 0 aliphatic heterocycles. The van der Waals surface area contributed by atoms with Crippen LogP contribution in [-0.4, -0.2) is 32.1 Å². The zero-order valence-corrected chi connectivity index (χ0v) is 13.0. The molecule has 22 heavy (non-hydrogen) atoms. The maximum atomic E-state index is 13.2. The summed E-state index contributed by atoms with van der Waals surface area (Å²) in [5.74, 6) is -1.38. The summed E-state index contributed by atoms with van der Waals surface area (Å²) in [6.45, 7) is 1.85. The van der Waals surface area contributed by atoms with Crippen molar-refractivity contribution in [1.82, 2.24) is 10.2 Å². The van der Waals surface area contributed by atoms with Crippen molar-refractivity contribution in [3.63, 3.8) is 0 Å². The van der Waals surface area contributed by atoms with Gasteiger partial charge in [-0.25, -0.2) is 18.3 Å². The molecule has 7 nitrogen and oxygen atoms in total. The standard InChI is InChI=1S/C13H20FN3O4S/c1-9-8-10(5-6-11(9)14)22(20,21)17-12(13(18)16-19)4-2-3-7-15/h5-6,8,12,17,19H,2-4,7,15H2,1H3,(H,16,18). The van der Waals surface area contributed by atoms with Crippen LogP contribution in [0.2, 0.25) is 0 Å². The zero-order chi connectivity index (χ0) is 16.8. The third-order valence-corrected chi connectivity index (χ3v) is 4.58. The van der Waals surface area contributed by atoms with Crippen molar-refractivity contribution in [3.8, 4) is 0 Å². The molecule has 0 aliphatic carbocycles. The van der Waals surface area contributed by atoms with Crippen molar-refractivity contribution in [2.24, 2.45) is 5.73 Å². The molecule has 0 heterocycles. The van der Waals surface area contributed by atoms with E-state index in [1.54, 1.807) is 0 Å². The predicted octanol–water partition coefficient (Wildman–Crippen LogP) is 0.415. The minimum atomic E-state index is -4.01. The first-order valence-corrected chi connectivity index (χ1v) is 8.22. The van der Waals surface area contributed by atoms with Gasteiger partial charge in [0.25, 0.3) is 5.91 Å². The minimum absolute atomic E-state index is 0.152. The lowest BCUT2D eigenvalue weighted by molar-refractivity contribution is -0.131. The highest BCUT2D eigenvalue weighted by Gasteiger charge is 2.25. The van der Waals surface area contributed by atoms with Crippen molar-refractivity contribution in [2.75, 3.05) is 6.54 Å². The van der Waals surface area contributed by atoms with Gasteiger partial charge in [-0.05, 0) is 50.1 Å². The van der Waals surface area contributed by atoms with E-state index >= 15 is 0 Å². The molecule has 1 unspecified atom stereocenters. The van der Waals surface area contributed by atoms with Crippen LogP contribution in [0.4, 0.5) is 4.39 Å². The summed E-state index contributed by atoms with van der Waals surface area (Å²) >= 11 is 0. The van der Waals surface area contributed by atoms with Crippen LogP contribution < -0.4 is 15.9 Å². The Hall–Kier alpha value is -1.55. The first kappa shape index (κ1) is 18.5. The Kier molecular flexibility index (Phi) is 6.88. The largest absolute Gasteiger partial charge is 0.330 e. The molecule has 0 aromatic heterocycles.